The summed E-state index contributed by atoms with van der Waals surface area (Å²) in [6.07, 6.45) is 5.15. The molecule has 3 heterocycles. The van der Waals surface area contributed by atoms with Gasteiger partial charge in [0.05, 0.1) is 6.10 Å². The third kappa shape index (κ3) is 4.84. The smallest absolute Gasteiger partial charge is 0.410 e. The Labute approximate surface area is 183 Å². The van der Waals surface area contributed by atoms with Crippen LogP contribution in [0.15, 0.2) is 41.6 Å². The number of hydrogen-bond donors (Lipinski definition) is 0. The highest BCUT2D eigenvalue weighted by atomic mass is 32.2. The lowest BCUT2D eigenvalue weighted by molar-refractivity contribution is 0.0503. The first kappa shape index (κ1) is 21.6. The van der Waals surface area contributed by atoms with Crippen LogP contribution in [0, 0.1) is 5.92 Å². The van der Waals surface area contributed by atoms with Crippen LogP contribution < -0.4 is 4.74 Å². The van der Waals surface area contributed by atoms with Gasteiger partial charge in [-0.2, -0.15) is 0 Å². The van der Waals surface area contributed by atoms with Gasteiger partial charge < -0.3 is 14.4 Å². The standard InChI is InChI=1S/C23H28N2O5S/c1-15(2)29-23(26)25-10-8-16(9-11-25)21-13-19-12-17(4-6-20(19)30-21)18-5-7-22(24-14-18)31(3,27)28/h4-7,12,14-16,21H,8-11,13H2,1-3H3. The molecule has 0 aliphatic carbocycles. The van der Waals surface area contributed by atoms with Crippen molar-refractivity contribution in [3.05, 3.63) is 42.1 Å². The Balaban J connectivity index is 1.40. The average Bonchev–Trinajstić information content (AvgIpc) is 3.16. The van der Waals surface area contributed by atoms with E-state index in [1.807, 2.05) is 26.0 Å². The van der Waals surface area contributed by atoms with Gasteiger partial charge in [0.2, 0.25) is 0 Å². The number of ether oxygens (including phenoxy) is 2. The summed E-state index contributed by atoms with van der Waals surface area (Å²) in [7, 11) is -3.31. The normalized spacial score (nSPS) is 19.2. The van der Waals surface area contributed by atoms with Crippen LogP contribution in [0.5, 0.6) is 5.75 Å². The number of fused-ring (bicyclic) bond motifs is 1. The fourth-order valence-electron chi connectivity index (χ4n) is 4.22. The fraction of sp³-hybridized carbons (Fsp3) is 0.478. The number of rotatable bonds is 4. The number of likely N-dealkylation sites (tertiary alicyclic amines) is 1. The number of piperidine rings is 1. The van der Waals surface area contributed by atoms with Gasteiger partial charge in [-0.25, -0.2) is 18.2 Å². The molecule has 0 radical (unpaired) electrons. The van der Waals surface area contributed by atoms with Crippen molar-refractivity contribution in [3.63, 3.8) is 0 Å². The van der Waals surface area contributed by atoms with Crippen LogP contribution in [0.25, 0.3) is 11.1 Å². The van der Waals surface area contributed by atoms with Gasteiger partial charge in [-0.15, -0.1) is 0 Å². The molecule has 31 heavy (non-hydrogen) atoms. The molecule has 1 amide bonds. The number of sulfone groups is 1. The monoisotopic (exact) mass is 444 g/mol. The Morgan fingerprint density at radius 3 is 2.48 bits per heavy atom. The first-order valence-corrected chi connectivity index (χ1v) is 12.5. The molecule has 0 saturated carbocycles. The molecule has 0 bridgehead atoms. The zero-order valence-corrected chi connectivity index (χ0v) is 18.9. The summed E-state index contributed by atoms with van der Waals surface area (Å²) < 4.78 is 34.8. The van der Waals surface area contributed by atoms with Crippen molar-refractivity contribution < 1.29 is 22.7 Å². The predicted molar refractivity (Wildman–Crippen MR) is 117 cm³/mol. The highest BCUT2D eigenvalue weighted by Gasteiger charge is 2.34. The topological polar surface area (TPSA) is 85.8 Å². The summed E-state index contributed by atoms with van der Waals surface area (Å²) in [5.41, 5.74) is 3.01. The predicted octanol–water partition coefficient (Wildman–Crippen LogP) is 3.71. The molecule has 1 fully saturated rings. The SMILES string of the molecule is CC(C)OC(=O)N1CCC(C2Cc3cc(-c4ccc(S(C)(=O)=O)nc4)ccc3O2)CC1. The van der Waals surface area contributed by atoms with Crippen molar-refractivity contribution in [3.8, 4) is 16.9 Å². The van der Waals surface area contributed by atoms with Crippen LogP contribution >= 0.6 is 0 Å². The largest absolute Gasteiger partial charge is 0.490 e. The average molecular weight is 445 g/mol. The van der Waals surface area contributed by atoms with Crippen LogP contribution in [0.4, 0.5) is 4.79 Å². The highest BCUT2D eigenvalue weighted by Crippen LogP contribution is 2.37. The maximum Gasteiger partial charge on any atom is 0.410 e. The van der Waals surface area contributed by atoms with Gasteiger partial charge >= 0.3 is 6.09 Å². The number of pyridine rings is 1. The van der Waals surface area contributed by atoms with Crippen LogP contribution in [0.1, 0.15) is 32.3 Å². The first-order valence-electron chi connectivity index (χ1n) is 10.6. The van der Waals surface area contributed by atoms with Crippen LogP contribution in [0.2, 0.25) is 0 Å². The van der Waals surface area contributed by atoms with E-state index in [4.69, 9.17) is 9.47 Å². The van der Waals surface area contributed by atoms with Crippen molar-refractivity contribution in [2.45, 2.75) is 50.3 Å². The minimum absolute atomic E-state index is 0.0735. The molecule has 1 aromatic carbocycles. The Morgan fingerprint density at radius 2 is 1.87 bits per heavy atom. The molecule has 8 heteroatoms. The second-order valence-corrected chi connectivity index (χ2v) is 10.6. The molecular weight excluding hydrogens is 416 g/mol. The first-order chi connectivity index (χ1) is 14.7. The third-order valence-electron chi connectivity index (χ3n) is 5.87. The summed E-state index contributed by atoms with van der Waals surface area (Å²) >= 11 is 0. The number of amides is 1. The maximum absolute atomic E-state index is 12.1. The minimum atomic E-state index is -3.31. The molecule has 4 rings (SSSR count). The van der Waals surface area contributed by atoms with E-state index in [0.29, 0.717) is 19.0 Å². The van der Waals surface area contributed by atoms with Gasteiger partial charge in [0.25, 0.3) is 0 Å². The lowest BCUT2D eigenvalue weighted by atomic mass is 9.89. The van der Waals surface area contributed by atoms with Crippen molar-refractivity contribution in [2.24, 2.45) is 5.92 Å². The van der Waals surface area contributed by atoms with Crippen LogP contribution in [-0.2, 0) is 21.0 Å². The number of benzene rings is 1. The molecule has 2 aliphatic rings. The molecule has 1 atom stereocenters. The van der Waals surface area contributed by atoms with Crippen molar-refractivity contribution >= 4 is 15.9 Å². The van der Waals surface area contributed by atoms with E-state index in [9.17, 15) is 13.2 Å². The molecule has 166 valence electrons. The molecule has 1 saturated heterocycles. The van der Waals surface area contributed by atoms with Gasteiger partial charge in [0, 0.05) is 37.5 Å². The van der Waals surface area contributed by atoms with Crippen LogP contribution in [0.3, 0.4) is 0 Å². The quantitative estimate of drug-likeness (QED) is 0.715. The van der Waals surface area contributed by atoms with Gasteiger partial charge in [0.15, 0.2) is 14.9 Å². The summed E-state index contributed by atoms with van der Waals surface area (Å²) in [6.45, 7) is 5.10. The Bertz CT molecular complexity index is 1060. The third-order valence-corrected chi connectivity index (χ3v) is 6.87. The molecule has 2 aromatic rings. The number of aromatic nitrogens is 1. The Kier molecular flexibility index (Phi) is 5.92. The van der Waals surface area contributed by atoms with E-state index in [1.165, 1.54) is 6.07 Å². The lowest BCUT2D eigenvalue weighted by Crippen LogP contribution is -2.43. The van der Waals surface area contributed by atoms with Crippen molar-refractivity contribution in [1.29, 1.82) is 0 Å². The minimum Gasteiger partial charge on any atom is -0.490 e. The van der Waals surface area contributed by atoms with Crippen LogP contribution in [-0.4, -0.2) is 55.9 Å². The molecule has 1 unspecified atom stereocenters. The fourth-order valence-corrected chi connectivity index (χ4v) is 4.78. The summed E-state index contributed by atoms with van der Waals surface area (Å²) in [4.78, 5) is 18.0. The lowest BCUT2D eigenvalue weighted by Gasteiger charge is -2.34. The number of hydrogen-bond acceptors (Lipinski definition) is 6. The van der Waals surface area contributed by atoms with E-state index in [0.717, 1.165) is 48.0 Å². The Morgan fingerprint density at radius 1 is 1.16 bits per heavy atom. The molecule has 1 aromatic heterocycles. The highest BCUT2D eigenvalue weighted by molar-refractivity contribution is 7.90. The molecular formula is C23H28N2O5S. The van der Waals surface area contributed by atoms with Gasteiger partial charge in [-0.1, -0.05) is 6.07 Å². The van der Waals surface area contributed by atoms with E-state index in [2.05, 4.69) is 11.1 Å². The Hall–Kier alpha value is -2.61. The van der Waals surface area contributed by atoms with Crippen molar-refractivity contribution in [1.82, 2.24) is 9.88 Å². The molecule has 0 N–H and O–H groups in total. The summed E-state index contributed by atoms with van der Waals surface area (Å²) in [5, 5.41) is 0.0735. The van der Waals surface area contributed by atoms with Gasteiger partial charge in [-0.3, -0.25) is 0 Å². The summed E-state index contributed by atoms with van der Waals surface area (Å²) in [5.74, 6) is 1.30. The summed E-state index contributed by atoms with van der Waals surface area (Å²) in [6, 6.07) is 9.37. The zero-order valence-electron chi connectivity index (χ0n) is 18.1. The maximum atomic E-state index is 12.1. The van der Waals surface area contributed by atoms with Gasteiger partial charge in [0.1, 0.15) is 11.9 Å². The zero-order chi connectivity index (χ0) is 22.2. The van der Waals surface area contributed by atoms with E-state index < -0.39 is 9.84 Å². The number of carbonyl (C=O) groups excluding carboxylic acids is 1. The van der Waals surface area contributed by atoms with E-state index in [-0.39, 0.29) is 23.3 Å². The molecule has 7 nitrogen and oxygen atoms in total. The molecule has 2 aliphatic heterocycles. The second kappa shape index (κ2) is 8.49. The van der Waals surface area contributed by atoms with Crippen molar-refractivity contribution in [2.75, 3.05) is 19.3 Å². The number of nitrogens with zero attached hydrogens (tertiary/aromatic N) is 2. The second-order valence-electron chi connectivity index (χ2n) is 8.60. The molecule has 0 spiro atoms. The van der Waals surface area contributed by atoms with E-state index in [1.54, 1.807) is 17.2 Å². The number of carbonyl (C=O) groups is 1. The van der Waals surface area contributed by atoms with Gasteiger partial charge in [-0.05, 0) is 68.0 Å². The van der Waals surface area contributed by atoms with E-state index >= 15 is 0 Å².